The molecule has 558 valence electrons. The zero-order chi connectivity index (χ0) is 62.2. The van der Waals surface area contributed by atoms with E-state index in [-0.39, 0.29) is 171 Å². The van der Waals surface area contributed by atoms with Gasteiger partial charge in [-0.3, -0.25) is 24.0 Å². The van der Waals surface area contributed by atoms with E-state index in [1.807, 2.05) is 76.2 Å². The highest BCUT2D eigenvalue weighted by Gasteiger charge is 2.69. The number of ether oxygens (including phenoxy) is 5. The molecule has 0 aromatic rings. The second-order valence-electron chi connectivity index (χ2n) is 32.9. The zero-order valence-electron chi connectivity index (χ0n) is 57.3. The maximum atomic E-state index is 12.5. The average molecular weight is 1320 g/mol. The van der Waals surface area contributed by atoms with Crippen LogP contribution >= 0.6 is 0 Å². The first-order chi connectivity index (χ1) is 38.5. The van der Waals surface area contributed by atoms with E-state index < -0.39 is 0 Å². The maximum absolute atomic E-state index is 12.5. The summed E-state index contributed by atoms with van der Waals surface area (Å²) in [6, 6.07) is 0. The summed E-state index contributed by atoms with van der Waals surface area (Å²) in [4.78, 5) is 60.7. The number of hydrogen-bond donors (Lipinski definition) is 0. The van der Waals surface area contributed by atoms with Crippen LogP contribution in [0, 0.1) is 92.2 Å². The van der Waals surface area contributed by atoms with Crippen LogP contribution in [0.2, 0.25) is 0 Å². The molecule has 0 aliphatic heterocycles. The minimum Gasteiger partial charge on any atom is -0.459 e. The maximum Gasteiger partial charge on any atom is 0.312 e. The number of rotatable bonds is 17. The van der Waals surface area contributed by atoms with Gasteiger partial charge in [0.25, 0.3) is 0 Å². The summed E-state index contributed by atoms with van der Waals surface area (Å²) in [6.07, 6.45) is 29.9. The minimum absolute atomic E-state index is 0. The van der Waals surface area contributed by atoms with Gasteiger partial charge in [0.2, 0.25) is 0 Å². The van der Waals surface area contributed by atoms with Crippen LogP contribution in [0.25, 0.3) is 0 Å². The summed E-state index contributed by atoms with van der Waals surface area (Å²) >= 11 is 0. The van der Waals surface area contributed by atoms with E-state index in [9.17, 15) is 24.0 Å². The van der Waals surface area contributed by atoms with Crippen molar-refractivity contribution in [3.8, 4) is 0 Å². The monoisotopic (exact) mass is 1320 g/mol. The molecule has 10 fully saturated rings. The average Bonchev–Trinajstić information content (AvgIpc) is 1.55. The zero-order valence-corrected chi connectivity index (χ0v) is 57.3. The Morgan fingerprint density at radius 2 is 0.688 bits per heavy atom. The van der Waals surface area contributed by atoms with Gasteiger partial charge in [0, 0.05) is 10.8 Å². The van der Waals surface area contributed by atoms with E-state index in [0.717, 1.165) is 94.3 Å². The second-order valence-corrected chi connectivity index (χ2v) is 32.9. The van der Waals surface area contributed by atoms with Crippen LogP contribution in [0.5, 0.6) is 0 Å². The quantitative estimate of drug-likeness (QED) is 0.102. The van der Waals surface area contributed by atoms with Crippen molar-refractivity contribution in [1.29, 1.82) is 0 Å². The standard InChI is InChI=1S/C17H30O2.C15H26O2.2C14H24O2.C13H22O2.10CH4/c1-8-14(2,3)13(18)19-17(7)15(4,5)12-9-10-16(17,6)11-12;1-5-14(3,4)13(16)17-15(6-2)10-11-7-8-12(15)9-11;1-5-13(2,3)12(15)16-14(4)9-10-6-7-11(14)8-10;1-4-10(3)13(15)16-14(5-2)9-11-6-7-12(14)8-11;1-4-9(2)12(14)15-13(3)8-10-5-6-11(13)7-10;;;;;;;;;;/h12H,8-11H2,1-7H3;11-12H,5-10H2,1-4H3;10-11H,5-9H2,1-4H3;10-12H,4-9H2,1-3H3;9-11H,4-8H2,1-3H3;10*1H4. The van der Waals surface area contributed by atoms with Gasteiger partial charge in [0.15, 0.2) is 0 Å². The molecule has 0 aromatic carbocycles. The van der Waals surface area contributed by atoms with Gasteiger partial charge in [0.05, 0.1) is 28.1 Å². The van der Waals surface area contributed by atoms with Crippen molar-refractivity contribution < 1.29 is 47.7 Å². The molecule has 93 heavy (non-hydrogen) atoms. The molecule has 17 atom stereocenters. The molecule has 10 bridgehead atoms. The van der Waals surface area contributed by atoms with E-state index in [1.54, 1.807) is 0 Å². The molecule has 0 aromatic heterocycles. The Bertz CT molecular complexity index is 2240. The fraction of sp³-hybridized carbons (Fsp3) is 0.940. The molecule has 10 aliphatic rings. The largest absolute Gasteiger partial charge is 0.459 e. The van der Waals surface area contributed by atoms with Gasteiger partial charge in [0.1, 0.15) is 28.0 Å². The van der Waals surface area contributed by atoms with Crippen LogP contribution in [-0.4, -0.2) is 57.9 Å². The summed E-state index contributed by atoms with van der Waals surface area (Å²) in [5.41, 5.74) is -1.63. The topological polar surface area (TPSA) is 132 Å². The molecule has 17 unspecified atom stereocenters. The first kappa shape index (κ1) is 99.0. The highest BCUT2D eigenvalue weighted by molar-refractivity contribution is 5.77. The Kier molecular flexibility index (Phi) is 39.9. The lowest BCUT2D eigenvalue weighted by Gasteiger charge is -2.51. The number of hydrogen-bond acceptors (Lipinski definition) is 10. The second kappa shape index (κ2) is 37.5. The number of fused-ring (bicyclic) bond motifs is 10. The highest BCUT2D eigenvalue weighted by Crippen LogP contribution is 2.69. The Morgan fingerprint density at radius 1 is 0.376 bits per heavy atom. The van der Waals surface area contributed by atoms with E-state index in [1.165, 1.54) is 96.3 Å². The van der Waals surface area contributed by atoms with Crippen LogP contribution < -0.4 is 0 Å². The molecule has 0 amide bonds. The van der Waals surface area contributed by atoms with E-state index in [2.05, 4.69) is 69.2 Å². The van der Waals surface area contributed by atoms with E-state index in [4.69, 9.17) is 23.7 Å². The van der Waals surface area contributed by atoms with Gasteiger partial charge in [-0.05, 0) is 283 Å². The van der Waals surface area contributed by atoms with Crippen molar-refractivity contribution in [1.82, 2.24) is 0 Å². The molecular formula is C83H166O10. The smallest absolute Gasteiger partial charge is 0.312 e. The van der Waals surface area contributed by atoms with Crippen molar-refractivity contribution in [2.45, 2.75) is 415 Å². The Morgan fingerprint density at radius 3 is 0.968 bits per heavy atom. The molecule has 0 spiro atoms. The SMILES string of the molecule is C.C.C.C.C.C.C.C.C.C.CCC(C)(C)C(=O)OC1(C)C2(C)CCC(C2)C1(C)C.CCC(C)(C)C(=O)OC1(C)CC2CCC1C2.CCC(C)(C)C(=O)OC1(CC)CC2CCC1C2.CCC(C)C(=O)OC1(C)CC2CCC1C2.CCC(C)C(=O)OC1(CC)CC2CCC1C2. The van der Waals surface area contributed by atoms with Gasteiger partial charge in [-0.15, -0.1) is 0 Å². The van der Waals surface area contributed by atoms with Gasteiger partial charge in [-0.1, -0.05) is 157 Å². The number of esters is 5. The summed E-state index contributed by atoms with van der Waals surface area (Å²) < 4.78 is 29.7. The lowest BCUT2D eigenvalue weighted by Crippen LogP contribution is -2.55. The summed E-state index contributed by atoms with van der Waals surface area (Å²) in [7, 11) is 0. The molecule has 0 N–H and O–H groups in total. The molecular weight excluding hydrogens is 1160 g/mol. The van der Waals surface area contributed by atoms with Crippen LogP contribution in [0.4, 0.5) is 0 Å². The van der Waals surface area contributed by atoms with Crippen molar-refractivity contribution in [3.63, 3.8) is 0 Å². The first-order valence-electron chi connectivity index (χ1n) is 34.6. The number of carbonyl (C=O) groups excluding carboxylic acids is 5. The Balaban J connectivity index is -0.000000338. The molecule has 10 heteroatoms. The summed E-state index contributed by atoms with van der Waals surface area (Å²) in [5, 5.41) is 0. The fourth-order valence-electron chi connectivity index (χ4n) is 17.5. The van der Waals surface area contributed by atoms with Crippen molar-refractivity contribution in [2.24, 2.45) is 92.2 Å². The third kappa shape index (κ3) is 20.5. The third-order valence-corrected chi connectivity index (χ3v) is 26.3. The third-order valence-electron chi connectivity index (χ3n) is 26.3. The van der Waals surface area contributed by atoms with Gasteiger partial charge in [-0.25, -0.2) is 0 Å². The van der Waals surface area contributed by atoms with Crippen molar-refractivity contribution in [2.75, 3.05) is 0 Å². The normalized spacial score (nSPS) is 34.6. The van der Waals surface area contributed by atoms with Crippen LogP contribution in [0.1, 0.15) is 387 Å². The van der Waals surface area contributed by atoms with Crippen LogP contribution in [-0.2, 0) is 47.7 Å². The molecule has 10 rings (SSSR count). The van der Waals surface area contributed by atoms with Gasteiger partial charge >= 0.3 is 29.8 Å². The van der Waals surface area contributed by atoms with E-state index in [0.29, 0.717) is 29.6 Å². The van der Waals surface area contributed by atoms with Gasteiger partial charge < -0.3 is 23.7 Å². The van der Waals surface area contributed by atoms with Crippen molar-refractivity contribution in [3.05, 3.63) is 0 Å². The lowest BCUT2D eigenvalue weighted by molar-refractivity contribution is -0.202. The molecule has 10 aliphatic carbocycles. The molecule has 10 saturated carbocycles. The first-order valence-corrected chi connectivity index (χ1v) is 34.6. The number of carbonyl (C=O) groups is 5. The fourth-order valence-corrected chi connectivity index (χ4v) is 17.5. The minimum atomic E-state index is -0.378. The van der Waals surface area contributed by atoms with Crippen LogP contribution in [0.3, 0.4) is 0 Å². The highest BCUT2D eigenvalue weighted by atomic mass is 16.6. The lowest BCUT2D eigenvalue weighted by atomic mass is 9.61. The van der Waals surface area contributed by atoms with Crippen molar-refractivity contribution >= 4 is 29.8 Å². The molecule has 0 heterocycles. The Hall–Kier alpha value is -2.65. The molecule has 0 radical (unpaired) electrons. The summed E-state index contributed by atoms with van der Waals surface area (Å²) in [6.45, 7) is 43.8. The summed E-state index contributed by atoms with van der Waals surface area (Å²) in [5.74, 6) is 6.63. The predicted molar refractivity (Wildman–Crippen MR) is 401 cm³/mol. The molecule has 0 saturated heterocycles. The Labute approximate surface area is 581 Å². The van der Waals surface area contributed by atoms with Crippen LogP contribution in [0.15, 0.2) is 0 Å². The molecule has 10 nitrogen and oxygen atoms in total. The van der Waals surface area contributed by atoms with Gasteiger partial charge in [-0.2, -0.15) is 0 Å². The van der Waals surface area contributed by atoms with E-state index >= 15 is 0 Å². The predicted octanol–water partition coefficient (Wildman–Crippen LogP) is 25.1.